The Hall–Kier alpha value is -3.32. The highest BCUT2D eigenvalue weighted by Gasteiger charge is 2.64. The van der Waals surface area contributed by atoms with Crippen molar-refractivity contribution in [2.45, 2.75) is 56.7 Å². The molecule has 8 N–H and O–H groups in total. The molecule has 4 aliphatic rings. The van der Waals surface area contributed by atoms with E-state index < -0.39 is 69.9 Å². The van der Waals surface area contributed by atoms with Crippen LogP contribution in [-0.2, 0) is 20.8 Å². The van der Waals surface area contributed by atoms with Crippen molar-refractivity contribution in [2.24, 2.45) is 17.1 Å². The van der Waals surface area contributed by atoms with Crippen LogP contribution in [0.3, 0.4) is 0 Å². The van der Waals surface area contributed by atoms with Gasteiger partial charge in [0.05, 0.1) is 34.9 Å². The second-order valence-corrected chi connectivity index (χ2v) is 11.5. The lowest BCUT2D eigenvalue weighted by atomic mass is 9.53. The number of aliphatic hydroxyl groups is 3. The molecular formula is C28H36N4O8. The first kappa shape index (κ1) is 28.2. The Morgan fingerprint density at radius 2 is 1.85 bits per heavy atom. The highest BCUT2D eigenvalue weighted by molar-refractivity contribution is 6.19. The van der Waals surface area contributed by atoms with Crippen molar-refractivity contribution in [3.8, 4) is 5.75 Å². The summed E-state index contributed by atoms with van der Waals surface area (Å²) in [6.45, 7) is 3.51. The van der Waals surface area contributed by atoms with Crippen LogP contribution in [0.15, 0.2) is 23.5 Å². The molecule has 1 aromatic rings. The molecule has 2 fully saturated rings. The van der Waals surface area contributed by atoms with Gasteiger partial charge in [-0.2, -0.15) is 0 Å². The summed E-state index contributed by atoms with van der Waals surface area (Å²) in [7, 11) is 0. The Labute approximate surface area is 231 Å². The lowest BCUT2D eigenvalue weighted by Crippen LogP contribution is -2.62. The van der Waals surface area contributed by atoms with Crippen LogP contribution in [0.4, 0.5) is 5.69 Å². The summed E-state index contributed by atoms with van der Waals surface area (Å²) < 4.78 is 0. The first-order valence-corrected chi connectivity index (χ1v) is 13.8. The molecule has 12 heteroatoms. The minimum absolute atomic E-state index is 0.0164. The average Bonchev–Trinajstić information content (AvgIpc) is 2.90. The molecule has 1 heterocycles. The fourth-order valence-corrected chi connectivity index (χ4v) is 6.87. The van der Waals surface area contributed by atoms with Crippen molar-refractivity contribution in [1.82, 2.24) is 10.2 Å². The van der Waals surface area contributed by atoms with Crippen LogP contribution in [-0.4, -0.2) is 93.1 Å². The molecule has 1 saturated heterocycles. The van der Waals surface area contributed by atoms with Gasteiger partial charge in [-0.3, -0.25) is 19.2 Å². The smallest absolute Gasteiger partial charge is 0.238 e. The summed E-state index contributed by atoms with van der Waals surface area (Å²) in [5.41, 5.74) is 1.01. The van der Waals surface area contributed by atoms with E-state index in [1.807, 2.05) is 0 Å². The van der Waals surface area contributed by atoms with E-state index in [1.165, 1.54) is 31.4 Å². The number of hydrogen-bond acceptors (Lipinski definition) is 10. The van der Waals surface area contributed by atoms with Crippen molar-refractivity contribution in [3.05, 3.63) is 34.6 Å². The normalized spacial score (nSPS) is 30.4. The molecule has 2 amide bonds. The molecule has 1 saturated carbocycles. The fourth-order valence-electron chi connectivity index (χ4n) is 6.87. The molecule has 40 heavy (non-hydrogen) atoms. The quantitative estimate of drug-likeness (QED) is 0.176. The van der Waals surface area contributed by atoms with Crippen LogP contribution in [0.25, 0.3) is 0 Å². The number of Topliss-reactive ketones (excluding diaryl/α,β-unsaturated/α-hetero) is 2. The third-order valence-corrected chi connectivity index (χ3v) is 8.96. The maximum atomic E-state index is 13.8. The van der Waals surface area contributed by atoms with E-state index in [0.717, 1.165) is 19.6 Å². The number of primary amides is 1. The summed E-state index contributed by atoms with van der Waals surface area (Å²) in [5.74, 6) is -5.76. The number of phenols is 1. The van der Waals surface area contributed by atoms with Crippen molar-refractivity contribution >= 4 is 29.1 Å². The van der Waals surface area contributed by atoms with Gasteiger partial charge in [0.25, 0.3) is 0 Å². The number of nitrogens with zero attached hydrogens (tertiary/aromatic N) is 1. The number of ketones is 2. The van der Waals surface area contributed by atoms with Crippen LogP contribution in [0.5, 0.6) is 5.75 Å². The van der Waals surface area contributed by atoms with Crippen LogP contribution in [0.2, 0.25) is 0 Å². The van der Waals surface area contributed by atoms with Crippen molar-refractivity contribution in [1.29, 1.82) is 0 Å². The Morgan fingerprint density at radius 1 is 1.12 bits per heavy atom. The van der Waals surface area contributed by atoms with E-state index in [9.17, 15) is 39.6 Å². The lowest BCUT2D eigenvalue weighted by Gasteiger charge is -2.51. The Balaban J connectivity index is 1.39. The number of nitrogens with one attached hydrogen (secondary N) is 2. The van der Waals surface area contributed by atoms with Crippen molar-refractivity contribution < 1.29 is 39.6 Å². The lowest BCUT2D eigenvalue weighted by molar-refractivity contribution is -0.159. The zero-order chi connectivity index (χ0) is 28.8. The van der Waals surface area contributed by atoms with E-state index in [2.05, 4.69) is 15.5 Å². The summed E-state index contributed by atoms with van der Waals surface area (Å²) in [4.78, 5) is 54.3. The number of nitrogens with two attached hydrogens (primary N) is 1. The van der Waals surface area contributed by atoms with Crippen LogP contribution >= 0.6 is 0 Å². The number of aromatic hydroxyl groups is 1. The number of carbonyl (C=O) groups is 4. The summed E-state index contributed by atoms with van der Waals surface area (Å²) in [6, 6.07) is 2.91. The number of benzene rings is 1. The zero-order valence-corrected chi connectivity index (χ0v) is 22.2. The molecule has 216 valence electrons. The molecule has 5 rings (SSSR count). The summed E-state index contributed by atoms with van der Waals surface area (Å²) in [6.07, 6.45) is 1.59. The molecule has 0 spiro atoms. The van der Waals surface area contributed by atoms with Gasteiger partial charge in [0.2, 0.25) is 11.8 Å². The van der Waals surface area contributed by atoms with Crippen molar-refractivity contribution in [3.63, 3.8) is 0 Å². The molecule has 12 nitrogen and oxygen atoms in total. The summed E-state index contributed by atoms with van der Waals surface area (Å²) in [5, 5.41) is 49.3. The number of piperidine rings is 1. The van der Waals surface area contributed by atoms with Crippen LogP contribution < -0.4 is 16.4 Å². The number of hydrogen-bond donors (Lipinski definition) is 7. The third-order valence-electron chi connectivity index (χ3n) is 8.96. The predicted octanol–water partition coefficient (Wildman–Crippen LogP) is -0.0964. The largest absolute Gasteiger partial charge is 0.508 e. The van der Waals surface area contributed by atoms with E-state index in [0.29, 0.717) is 6.54 Å². The van der Waals surface area contributed by atoms with E-state index in [-0.39, 0.29) is 42.6 Å². The zero-order valence-electron chi connectivity index (χ0n) is 22.2. The number of phenolic OH excluding ortho intramolecular Hbond substituents is 1. The Bertz CT molecular complexity index is 1290. The second-order valence-electron chi connectivity index (χ2n) is 11.5. The predicted molar refractivity (Wildman–Crippen MR) is 143 cm³/mol. The van der Waals surface area contributed by atoms with Gasteiger partial charge in [0.1, 0.15) is 5.76 Å². The number of carbonyl (C=O) groups excluding carboxylic acids is 4. The molecule has 4 atom stereocenters. The van der Waals surface area contributed by atoms with Gasteiger partial charge in [-0.15, -0.1) is 0 Å². The number of fused-ring (bicyclic) bond motifs is 3. The standard InChI is InChI=1S/C28H36N4O8/c29-26(39)27-12-15-4-5-18(31-20(35)14-30-6-9-32-7-2-1-3-8-32)23(36)21(15)24(37)22(27)25(38)28(40)16(13-27)10-17(33)11-19(28)34/h4-5,16-17,30,33,36,38,40H,1-3,6-14H2,(H2,29,39)(H,31,35). The first-order chi connectivity index (χ1) is 19.0. The number of likely N-dealkylation sites (tertiary alicyclic amines) is 1. The number of anilines is 1. The molecular weight excluding hydrogens is 520 g/mol. The molecule has 0 bridgehead atoms. The topological polar surface area (TPSA) is 203 Å². The first-order valence-electron chi connectivity index (χ1n) is 13.8. The Morgan fingerprint density at radius 3 is 2.55 bits per heavy atom. The van der Waals surface area contributed by atoms with Crippen molar-refractivity contribution in [2.75, 3.05) is 38.0 Å². The molecule has 1 aromatic carbocycles. The number of rotatable bonds is 7. The highest BCUT2D eigenvalue weighted by Crippen LogP contribution is 2.56. The molecule has 3 aliphatic carbocycles. The molecule has 0 radical (unpaired) electrons. The fraction of sp³-hybridized carbons (Fsp3) is 0.571. The highest BCUT2D eigenvalue weighted by atomic mass is 16.3. The molecule has 4 unspecified atom stereocenters. The van der Waals surface area contributed by atoms with Gasteiger partial charge in [0.15, 0.2) is 22.9 Å². The van der Waals surface area contributed by atoms with Gasteiger partial charge < -0.3 is 41.7 Å². The van der Waals surface area contributed by atoms with E-state index >= 15 is 0 Å². The monoisotopic (exact) mass is 556 g/mol. The van der Waals surface area contributed by atoms with E-state index in [1.54, 1.807) is 0 Å². The number of aliphatic hydroxyl groups excluding tert-OH is 2. The maximum Gasteiger partial charge on any atom is 0.238 e. The second kappa shape index (κ2) is 10.6. The SMILES string of the molecule is NC(=O)C12Cc3ccc(NC(=O)CNCCN4CCCCC4)c(O)c3C(=O)C1=C(O)C1(O)C(=O)CC(O)CC1C2. The minimum atomic E-state index is -2.46. The van der Waals surface area contributed by atoms with E-state index in [4.69, 9.17) is 5.73 Å². The third kappa shape index (κ3) is 4.58. The van der Waals surface area contributed by atoms with Gasteiger partial charge in [-0.1, -0.05) is 12.5 Å². The van der Waals surface area contributed by atoms with Gasteiger partial charge in [-0.05, 0) is 56.8 Å². The minimum Gasteiger partial charge on any atom is -0.508 e. The molecule has 1 aliphatic heterocycles. The van der Waals surface area contributed by atoms with Gasteiger partial charge in [-0.25, -0.2) is 0 Å². The maximum absolute atomic E-state index is 13.8. The Kier molecular flexibility index (Phi) is 7.47. The van der Waals surface area contributed by atoms with Gasteiger partial charge >= 0.3 is 0 Å². The number of amides is 2. The molecule has 0 aromatic heterocycles. The van der Waals surface area contributed by atoms with Crippen LogP contribution in [0, 0.1) is 11.3 Å². The summed E-state index contributed by atoms with van der Waals surface area (Å²) >= 11 is 0. The van der Waals surface area contributed by atoms with Gasteiger partial charge in [0, 0.05) is 25.4 Å². The average molecular weight is 557 g/mol. The van der Waals surface area contributed by atoms with Crippen LogP contribution in [0.1, 0.15) is 54.4 Å².